The zero-order valence-corrected chi connectivity index (χ0v) is 32.9. The van der Waals surface area contributed by atoms with Crippen LogP contribution in [0.15, 0.2) is 0 Å². The van der Waals surface area contributed by atoms with E-state index in [0.717, 1.165) is 82.9 Å². The van der Waals surface area contributed by atoms with Gasteiger partial charge in [-0.05, 0) is 169 Å². The molecule has 0 radical (unpaired) electrons. The van der Waals surface area contributed by atoms with E-state index in [2.05, 4.69) is 55.4 Å². The molecule has 0 amide bonds. The third-order valence-electron chi connectivity index (χ3n) is 21.0. The lowest BCUT2D eigenvalue weighted by atomic mass is 9.46. The second-order valence-electron chi connectivity index (χ2n) is 21.8. The molecule has 0 heteroatoms. The van der Waals surface area contributed by atoms with Crippen LogP contribution in [-0.2, 0) is 0 Å². The van der Waals surface area contributed by atoms with Crippen molar-refractivity contribution in [1.82, 2.24) is 0 Å². The highest BCUT2D eigenvalue weighted by Gasteiger charge is 2.72. The predicted molar refractivity (Wildman–Crippen MR) is 201 cm³/mol. The van der Waals surface area contributed by atoms with Gasteiger partial charge in [0.25, 0.3) is 0 Å². The zero-order valence-electron chi connectivity index (χ0n) is 32.9. The molecule has 0 aromatic carbocycles. The quantitative estimate of drug-likeness (QED) is 0.270. The second-order valence-corrected chi connectivity index (χ2v) is 21.8. The van der Waals surface area contributed by atoms with E-state index in [1.165, 1.54) is 32.1 Å². The molecule has 8 saturated carbocycles. The number of hydrogen-bond donors (Lipinski definition) is 0. The first-order chi connectivity index (χ1) is 22.5. The second kappa shape index (κ2) is 12.3. The van der Waals surface area contributed by atoms with Gasteiger partial charge in [0, 0.05) is 0 Å². The molecule has 14 atom stereocenters. The van der Waals surface area contributed by atoms with Gasteiger partial charge in [0.05, 0.1) is 0 Å². The summed E-state index contributed by atoms with van der Waals surface area (Å²) in [6.45, 7) is 21.5. The maximum Gasteiger partial charge on any atom is -0.0230 e. The molecule has 8 aliphatic rings. The van der Waals surface area contributed by atoms with Crippen LogP contribution in [0.2, 0.25) is 0 Å². The fraction of sp³-hybridized carbons (Fsp3) is 1.00. The average Bonchev–Trinajstić information content (AvgIpc) is 3.50. The smallest absolute Gasteiger partial charge is 0.0230 e. The topological polar surface area (TPSA) is 0 Å². The Hall–Kier alpha value is 0. The van der Waals surface area contributed by atoms with Crippen LogP contribution in [0.1, 0.15) is 190 Å². The van der Waals surface area contributed by atoms with Crippen molar-refractivity contribution >= 4 is 0 Å². The lowest BCUT2D eigenvalue weighted by Crippen LogP contribution is -2.50. The van der Waals surface area contributed by atoms with Gasteiger partial charge >= 0.3 is 0 Å². The molecule has 14 unspecified atom stereocenters. The number of hydrogen-bond acceptors (Lipinski definition) is 0. The highest BCUT2D eigenvalue weighted by molar-refractivity contribution is 5.20. The third kappa shape index (κ3) is 4.96. The van der Waals surface area contributed by atoms with Gasteiger partial charge in [0.1, 0.15) is 0 Å². The van der Waals surface area contributed by atoms with Crippen molar-refractivity contribution in [2.24, 2.45) is 105 Å². The highest BCUT2D eigenvalue weighted by Crippen LogP contribution is 2.79. The van der Waals surface area contributed by atoms with Crippen LogP contribution in [0.4, 0.5) is 0 Å². The molecule has 0 bridgehead atoms. The normalized spacial score (nSPS) is 50.6. The first kappa shape index (κ1) is 34.1. The van der Waals surface area contributed by atoms with E-state index in [4.69, 9.17) is 0 Å². The van der Waals surface area contributed by atoms with E-state index in [-0.39, 0.29) is 0 Å². The first-order valence-corrected chi connectivity index (χ1v) is 22.5. The summed E-state index contributed by atoms with van der Waals surface area (Å²) in [6.07, 6.45) is 32.7. The fourth-order valence-electron chi connectivity index (χ4n) is 17.7. The maximum absolute atomic E-state index is 2.83. The lowest BCUT2D eigenvalue weighted by Gasteiger charge is -2.59. The lowest BCUT2D eigenvalue weighted by molar-refractivity contribution is -0.0922. The minimum Gasteiger partial charge on any atom is -0.0649 e. The van der Waals surface area contributed by atoms with Crippen LogP contribution < -0.4 is 0 Å². The van der Waals surface area contributed by atoms with Crippen molar-refractivity contribution < 1.29 is 0 Å². The summed E-state index contributed by atoms with van der Waals surface area (Å²) in [5.41, 5.74) is 2.29. The molecular weight excluding hydrogens is 565 g/mol. The Morgan fingerprint density at radius 1 is 0.468 bits per heavy atom. The van der Waals surface area contributed by atoms with Crippen molar-refractivity contribution in [3.05, 3.63) is 0 Å². The van der Waals surface area contributed by atoms with E-state index >= 15 is 0 Å². The van der Waals surface area contributed by atoms with E-state index < -0.39 is 0 Å². The van der Waals surface area contributed by atoms with Crippen molar-refractivity contribution in [2.75, 3.05) is 0 Å². The summed E-state index contributed by atoms with van der Waals surface area (Å²) < 4.78 is 0. The molecule has 0 nitrogen and oxygen atoms in total. The minimum absolute atomic E-state index is 0.528. The summed E-state index contributed by atoms with van der Waals surface area (Å²) in [5.74, 6) is 14.8. The van der Waals surface area contributed by atoms with Gasteiger partial charge in [0.2, 0.25) is 0 Å². The van der Waals surface area contributed by atoms with E-state index in [9.17, 15) is 0 Å². The van der Waals surface area contributed by atoms with Gasteiger partial charge in [-0.2, -0.15) is 0 Å². The Morgan fingerprint density at radius 3 is 1.57 bits per heavy atom. The van der Waals surface area contributed by atoms with Gasteiger partial charge < -0.3 is 0 Å². The molecular formula is C47H80. The predicted octanol–water partition coefficient (Wildman–Crippen LogP) is 14.0. The van der Waals surface area contributed by atoms with Crippen molar-refractivity contribution in [3.63, 3.8) is 0 Å². The van der Waals surface area contributed by atoms with Crippen LogP contribution in [0.5, 0.6) is 0 Å². The zero-order chi connectivity index (χ0) is 32.9. The number of rotatable bonds is 6. The summed E-state index contributed by atoms with van der Waals surface area (Å²) in [4.78, 5) is 0. The number of fused-ring (bicyclic) bond motifs is 12. The molecule has 0 aromatic rings. The Bertz CT molecular complexity index is 1080. The minimum atomic E-state index is 0.528. The molecule has 8 aliphatic carbocycles. The Balaban J connectivity index is 1.25. The highest BCUT2D eigenvalue weighted by atomic mass is 14.8. The van der Waals surface area contributed by atoms with Crippen LogP contribution >= 0.6 is 0 Å². The van der Waals surface area contributed by atoms with Crippen LogP contribution in [0, 0.1) is 105 Å². The van der Waals surface area contributed by atoms with E-state index in [1.54, 1.807) is 103 Å². The molecule has 1 spiro atoms. The average molecular weight is 645 g/mol. The van der Waals surface area contributed by atoms with Crippen LogP contribution in [-0.4, -0.2) is 0 Å². The molecule has 0 N–H and O–H groups in total. The Morgan fingerprint density at radius 2 is 0.957 bits per heavy atom. The molecule has 0 aliphatic heterocycles. The standard InChI is InChI=1S/C47H80/c1-9-45(7,10-2)33-27-34(46(8,11-3)12-4)29-47(28-33)38-22-21-30-17-15-16-20-35(30)41(38)43-39(47)24-23-37-42(43)36-25-31-18-13-14-19-32(31)26-40(36)44(37,5)6/h30-43H,9-29H2,1-8H3. The monoisotopic (exact) mass is 645 g/mol. The summed E-state index contributed by atoms with van der Waals surface area (Å²) in [5, 5.41) is 0. The van der Waals surface area contributed by atoms with Gasteiger partial charge in [-0.1, -0.05) is 126 Å². The molecule has 8 rings (SSSR count). The third-order valence-corrected chi connectivity index (χ3v) is 21.0. The van der Waals surface area contributed by atoms with Crippen LogP contribution in [0.3, 0.4) is 0 Å². The van der Waals surface area contributed by atoms with E-state index in [1.807, 2.05) is 0 Å². The van der Waals surface area contributed by atoms with Crippen molar-refractivity contribution in [3.8, 4) is 0 Å². The molecule has 8 fully saturated rings. The Labute approximate surface area is 293 Å². The molecule has 268 valence electrons. The maximum atomic E-state index is 2.83. The summed E-state index contributed by atoms with van der Waals surface area (Å²) in [6, 6.07) is 0. The SMILES string of the molecule is CCC(C)(CC)C1CC(C(C)(CC)CC)CC2(C1)C1CCC3CCCCC3C1C1C3C4CC5CCCCC5CC4C(C)(C)C3CCC12. The fourth-order valence-corrected chi connectivity index (χ4v) is 17.7. The van der Waals surface area contributed by atoms with Gasteiger partial charge in [-0.15, -0.1) is 0 Å². The first-order valence-electron chi connectivity index (χ1n) is 22.5. The Kier molecular flexibility index (Phi) is 8.93. The largest absolute Gasteiger partial charge is 0.0649 e. The summed E-state index contributed by atoms with van der Waals surface area (Å²) >= 11 is 0. The van der Waals surface area contributed by atoms with Gasteiger partial charge in [-0.25, -0.2) is 0 Å². The molecule has 0 aromatic heterocycles. The van der Waals surface area contributed by atoms with E-state index in [0.29, 0.717) is 21.7 Å². The molecule has 0 heterocycles. The molecule has 47 heavy (non-hydrogen) atoms. The van der Waals surface area contributed by atoms with Crippen molar-refractivity contribution in [2.45, 2.75) is 190 Å². The van der Waals surface area contributed by atoms with Crippen molar-refractivity contribution in [1.29, 1.82) is 0 Å². The van der Waals surface area contributed by atoms with Crippen LogP contribution in [0.25, 0.3) is 0 Å². The van der Waals surface area contributed by atoms with Gasteiger partial charge in [-0.3, -0.25) is 0 Å². The summed E-state index contributed by atoms with van der Waals surface area (Å²) in [7, 11) is 0. The molecule has 0 saturated heterocycles. The van der Waals surface area contributed by atoms with Gasteiger partial charge in [0.15, 0.2) is 0 Å².